The average Bonchev–Trinajstić information content (AvgIpc) is 3.03. The summed E-state index contributed by atoms with van der Waals surface area (Å²) in [6.45, 7) is 0.520. The van der Waals surface area contributed by atoms with Crippen molar-refractivity contribution in [2.75, 3.05) is 12.3 Å². The maximum Gasteiger partial charge on any atom is 0.304 e. The van der Waals surface area contributed by atoms with Crippen molar-refractivity contribution in [3.63, 3.8) is 0 Å². The lowest BCUT2D eigenvalue weighted by Crippen LogP contribution is -2.29. The number of amides is 1. The number of carboxylic acid groups (broad SMARTS) is 1. The molecule has 2 aliphatic heterocycles. The number of carboxylic acids is 1. The van der Waals surface area contributed by atoms with Gasteiger partial charge in [-0.3, -0.25) is 14.4 Å². The maximum atomic E-state index is 12.8. The molecule has 0 radical (unpaired) electrons. The van der Waals surface area contributed by atoms with Gasteiger partial charge in [0.1, 0.15) is 0 Å². The van der Waals surface area contributed by atoms with E-state index in [1.54, 1.807) is 24.3 Å². The number of nitrogens with zero attached hydrogens (tertiary/aromatic N) is 1. The summed E-state index contributed by atoms with van der Waals surface area (Å²) < 4.78 is 0. The number of fused-ring (bicyclic) bond motifs is 1. The van der Waals surface area contributed by atoms with Crippen molar-refractivity contribution in [2.24, 2.45) is 5.92 Å². The number of aliphatic carboxylic acids is 1. The smallest absolute Gasteiger partial charge is 0.304 e. The Kier molecular flexibility index (Phi) is 3.97. The molecule has 0 aliphatic carbocycles. The lowest BCUT2D eigenvalue weighted by Gasteiger charge is -2.12. The molecule has 7 heteroatoms. The molecule has 2 heterocycles. The number of carbonyl (C=O) groups excluding carboxylic acids is 2. The minimum atomic E-state index is -1.09. The Labute approximate surface area is 135 Å². The van der Waals surface area contributed by atoms with Gasteiger partial charge in [-0.05, 0) is 24.3 Å². The van der Waals surface area contributed by atoms with Crippen molar-refractivity contribution in [1.82, 2.24) is 4.90 Å². The van der Waals surface area contributed by atoms with Crippen LogP contribution in [0.2, 0.25) is 5.02 Å². The zero-order valence-electron chi connectivity index (χ0n) is 11.4. The summed E-state index contributed by atoms with van der Waals surface area (Å²) in [4.78, 5) is 37.7. The topological polar surface area (TPSA) is 74.7 Å². The van der Waals surface area contributed by atoms with Gasteiger partial charge in [0.25, 0.3) is 0 Å². The highest BCUT2D eigenvalue weighted by Crippen LogP contribution is 2.43. The van der Waals surface area contributed by atoms with Crippen LogP contribution in [0.15, 0.2) is 34.9 Å². The van der Waals surface area contributed by atoms with E-state index in [0.29, 0.717) is 27.7 Å². The van der Waals surface area contributed by atoms with Gasteiger partial charge >= 0.3 is 5.97 Å². The minimum Gasteiger partial charge on any atom is -0.481 e. The molecule has 1 aromatic rings. The number of halogens is 1. The number of Topliss-reactive ketones (excluding diaryl/α,β-unsaturated/α-hetero) is 1. The van der Waals surface area contributed by atoms with E-state index in [9.17, 15) is 14.4 Å². The van der Waals surface area contributed by atoms with Crippen LogP contribution in [0.1, 0.15) is 16.8 Å². The van der Waals surface area contributed by atoms with E-state index >= 15 is 0 Å². The fraction of sp³-hybridized carbons (Fsp3) is 0.267. The molecule has 1 atom stereocenters. The Hall–Kier alpha value is -1.79. The van der Waals surface area contributed by atoms with Crippen LogP contribution in [0.4, 0.5) is 0 Å². The summed E-state index contributed by atoms with van der Waals surface area (Å²) in [7, 11) is 0. The minimum absolute atomic E-state index is 0.292. The molecule has 0 aromatic heterocycles. The second-order valence-corrected chi connectivity index (χ2v) is 6.56. The molecule has 0 unspecified atom stereocenters. The van der Waals surface area contributed by atoms with Crippen molar-refractivity contribution < 1.29 is 19.5 Å². The number of carbonyl (C=O) groups is 3. The van der Waals surface area contributed by atoms with Crippen LogP contribution in [0, 0.1) is 5.92 Å². The summed E-state index contributed by atoms with van der Waals surface area (Å²) in [5, 5.41) is 10.2. The van der Waals surface area contributed by atoms with Crippen LogP contribution in [0.5, 0.6) is 0 Å². The standard InChI is InChI=1S/C15H12ClNO4S/c16-9-3-1-8(2-4-9)13(20)12-10(7-11(18)19)14(21)17-5-6-22-15(12)17/h1-4,10H,5-7H2,(H,18,19)/t10-/m0/s1. The Morgan fingerprint density at radius 2 is 2.00 bits per heavy atom. The highest BCUT2D eigenvalue weighted by atomic mass is 35.5. The molecule has 114 valence electrons. The zero-order valence-corrected chi connectivity index (χ0v) is 13.0. The third-order valence-electron chi connectivity index (χ3n) is 3.67. The molecule has 22 heavy (non-hydrogen) atoms. The summed E-state index contributed by atoms with van der Waals surface area (Å²) in [5.74, 6) is -1.86. The molecule has 1 N–H and O–H groups in total. The van der Waals surface area contributed by atoms with Gasteiger partial charge in [0.2, 0.25) is 5.91 Å². The quantitative estimate of drug-likeness (QED) is 0.854. The molecule has 1 aromatic carbocycles. The predicted octanol–water partition coefficient (Wildman–Crippen LogP) is 2.41. The van der Waals surface area contributed by atoms with Crippen molar-refractivity contribution in [1.29, 1.82) is 0 Å². The van der Waals surface area contributed by atoms with Crippen molar-refractivity contribution >= 4 is 41.0 Å². The largest absolute Gasteiger partial charge is 0.481 e. The molecular formula is C15H12ClNO4S. The van der Waals surface area contributed by atoms with Gasteiger partial charge in [0.05, 0.1) is 17.4 Å². The molecule has 0 spiro atoms. The first-order valence-corrected chi connectivity index (χ1v) is 8.06. The lowest BCUT2D eigenvalue weighted by molar-refractivity contribution is -0.141. The monoisotopic (exact) mass is 337 g/mol. The zero-order chi connectivity index (χ0) is 15.9. The third kappa shape index (κ3) is 2.53. The van der Waals surface area contributed by atoms with Gasteiger partial charge < -0.3 is 10.0 Å². The average molecular weight is 338 g/mol. The van der Waals surface area contributed by atoms with Crippen LogP contribution in [0.25, 0.3) is 0 Å². The number of benzene rings is 1. The molecule has 1 saturated heterocycles. The summed E-state index contributed by atoms with van der Waals surface area (Å²) in [6.07, 6.45) is -0.367. The van der Waals surface area contributed by atoms with E-state index in [2.05, 4.69) is 0 Å². The molecule has 0 bridgehead atoms. The SMILES string of the molecule is O=C(O)C[C@@H]1C(=O)N2CCSC2=C1C(=O)c1ccc(Cl)cc1. The number of ketones is 1. The fourth-order valence-corrected chi connectivity index (χ4v) is 4.00. The van der Waals surface area contributed by atoms with Crippen LogP contribution in [-0.4, -0.2) is 40.0 Å². The molecule has 3 rings (SSSR count). The van der Waals surface area contributed by atoms with E-state index in [1.807, 2.05) is 0 Å². The fourth-order valence-electron chi connectivity index (χ4n) is 2.68. The predicted molar refractivity (Wildman–Crippen MR) is 82.7 cm³/mol. The second kappa shape index (κ2) is 5.78. The molecule has 1 amide bonds. The molecule has 1 fully saturated rings. The summed E-state index contributed by atoms with van der Waals surface area (Å²) >= 11 is 7.25. The highest BCUT2D eigenvalue weighted by molar-refractivity contribution is 8.03. The van der Waals surface area contributed by atoms with Crippen LogP contribution in [0.3, 0.4) is 0 Å². The van der Waals surface area contributed by atoms with Crippen LogP contribution < -0.4 is 0 Å². The normalized spacial score (nSPS) is 20.5. The molecule has 2 aliphatic rings. The van der Waals surface area contributed by atoms with Crippen LogP contribution >= 0.6 is 23.4 Å². The maximum absolute atomic E-state index is 12.8. The summed E-state index contributed by atoms with van der Waals surface area (Å²) in [5.41, 5.74) is 0.710. The van der Waals surface area contributed by atoms with Crippen molar-refractivity contribution in [3.8, 4) is 0 Å². The first-order valence-electron chi connectivity index (χ1n) is 6.69. The van der Waals surface area contributed by atoms with Crippen LogP contribution in [-0.2, 0) is 9.59 Å². The first-order chi connectivity index (χ1) is 10.5. The van der Waals surface area contributed by atoms with Crippen molar-refractivity contribution in [3.05, 3.63) is 45.5 Å². The number of hydrogen-bond acceptors (Lipinski definition) is 4. The van der Waals surface area contributed by atoms with E-state index in [0.717, 1.165) is 5.75 Å². The Balaban J connectivity index is 2.02. The van der Waals surface area contributed by atoms with E-state index in [1.165, 1.54) is 16.7 Å². The Morgan fingerprint density at radius 3 is 2.64 bits per heavy atom. The third-order valence-corrected chi connectivity index (χ3v) is 5.02. The first kappa shape index (κ1) is 15.1. The summed E-state index contributed by atoms with van der Waals surface area (Å²) in [6, 6.07) is 6.37. The Bertz CT molecular complexity index is 698. The van der Waals surface area contributed by atoms with Gasteiger partial charge in [-0.15, -0.1) is 11.8 Å². The van der Waals surface area contributed by atoms with Gasteiger partial charge in [-0.25, -0.2) is 0 Å². The molecule has 0 saturated carbocycles. The molecular weight excluding hydrogens is 326 g/mol. The van der Waals surface area contributed by atoms with Gasteiger partial charge in [-0.2, -0.15) is 0 Å². The molecule has 5 nitrogen and oxygen atoms in total. The number of thioether (sulfide) groups is 1. The van der Waals surface area contributed by atoms with E-state index in [4.69, 9.17) is 16.7 Å². The van der Waals surface area contributed by atoms with Crippen molar-refractivity contribution in [2.45, 2.75) is 6.42 Å². The highest BCUT2D eigenvalue weighted by Gasteiger charge is 2.45. The van der Waals surface area contributed by atoms with E-state index in [-0.39, 0.29) is 18.1 Å². The lowest BCUT2D eigenvalue weighted by atomic mass is 9.91. The van der Waals surface area contributed by atoms with E-state index < -0.39 is 11.9 Å². The van der Waals surface area contributed by atoms with Gasteiger partial charge in [-0.1, -0.05) is 11.6 Å². The Morgan fingerprint density at radius 1 is 1.32 bits per heavy atom. The number of hydrogen-bond donors (Lipinski definition) is 1. The van der Waals surface area contributed by atoms with Gasteiger partial charge in [0, 0.05) is 28.5 Å². The van der Waals surface area contributed by atoms with Gasteiger partial charge in [0.15, 0.2) is 5.78 Å². The second-order valence-electron chi connectivity index (χ2n) is 5.04. The number of rotatable bonds is 4.